The molecule has 3 rings (SSSR count). The van der Waals surface area contributed by atoms with Crippen molar-refractivity contribution in [1.82, 2.24) is 10.2 Å². The summed E-state index contributed by atoms with van der Waals surface area (Å²) in [6, 6.07) is 4.18. The van der Waals surface area contributed by atoms with Crippen LogP contribution in [0.3, 0.4) is 0 Å². The Labute approximate surface area is 131 Å². The minimum absolute atomic E-state index is 0.106. The molecule has 1 saturated heterocycles. The van der Waals surface area contributed by atoms with Gasteiger partial charge in [-0.1, -0.05) is 6.42 Å². The van der Waals surface area contributed by atoms with Gasteiger partial charge in [-0.2, -0.15) is 0 Å². The zero-order chi connectivity index (χ0) is 15.5. The number of nitrogens with one attached hydrogen (secondary N) is 1. The first-order valence-electron chi connectivity index (χ1n) is 8.00. The quantitative estimate of drug-likeness (QED) is 0.922. The largest absolute Gasteiger partial charge is 0.493 e. The van der Waals surface area contributed by atoms with Crippen molar-refractivity contribution in [3.8, 4) is 11.5 Å². The summed E-state index contributed by atoms with van der Waals surface area (Å²) in [4.78, 5) is 14.7. The van der Waals surface area contributed by atoms with E-state index in [1.165, 1.54) is 12.8 Å². The molecule has 22 heavy (non-hydrogen) atoms. The van der Waals surface area contributed by atoms with Gasteiger partial charge in [0.15, 0.2) is 11.5 Å². The highest BCUT2D eigenvalue weighted by molar-refractivity contribution is 5.97. The van der Waals surface area contributed by atoms with Gasteiger partial charge in [-0.3, -0.25) is 4.79 Å². The van der Waals surface area contributed by atoms with Gasteiger partial charge >= 0.3 is 0 Å². The minimum atomic E-state index is 0.106. The normalized spacial score (nSPS) is 21.5. The van der Waals surface area contributed by atoms with E-state index in [0.29, 0.717) is 17.5 Å². The maximum Gasteiger partial charge on any atom is 0.254 e. The van der Waals surface area contributed by atoms with E-state index < -0.39 is 0 Å². The van der Waals surface area contributed by atoms with Crippen LogP contribution in [0.25, 0.3) is 0 Å². The van der Waals surface area contributed by atoms with Crippen molar-refractivity contribution in [2.75, 3.05) is 33.9 Å². The number of rotatable bonds is 4. The zero-order valence-corrected chi connectivity index (χ0v) is 13.4. The minimum Gasteiger partial charge on any atom is -0.493 e. The second-order valence-corrected chi connectivity index (χ2v) is 6.01. The lowest BCUT2D eigenvalue weighted by Crippen LogP contribution is -2.48. The third-order valence-corrected chi connectivity index (χ3v) is 4.63. The molecule has 1 N–H and O–H groups in total. The molecule has 0 aromatic heterocycles. The van der Waals surface area contributed by atoms with E-state index in [-0.39, 0.29) is 5.91 Å². The fraction of sp³-hybridized carbons (Fsp3) is 0.588. The number of ether oxygens (including phenoxy) is 2. The number of nitrogens with zero attached hydrogens (tertiary/aromatic N) is 1. The number of hydrogen-bond donors (Lipinski definition) is 1. The first kappa shape index (κ1) is 15.2. The average molecular weight is 304 g/mol. The highest BCUT2D eigenvalue weighted by Crippen LogP contribution is 2.33. The van der Waals surface area contributed by atoms with Gasteiger partial charge in [0.05, 0.1) is 14.2 Å². The summed E-state index contributed by atoms with van der Waals surface area (Å²) in [6.45, 7) is 2.64. The van der Waals surface area contributed by atoms with Gasteiger partial charge < -0.3 is 19.7 Å². The number of amides is 1. The maximum absolute atomic E-state index is 12.8. The molecule has 0 spiro atoms. The monoisotopic (exact) mass is 304 g/mol. The molecule has 1 amide bonds. The molecule has 0 bridgehead atoms. The molecule has 0 saturated carbocycles. The summed E-state index contributed by atoms with van der Waals surface area (Å²) in [5.74, 6) is 1.42. The van der Waals surface area contributed by atoms with Gasteiger partial charge in [0.1, 0.15) is 0 Å². The number of carbonyl (C=O) groups excluding carboxylic acids is 1. The molecule has 1 aromatic rings. The van der Waals surface area contributed by atoms with Crippen molar-refractivity contribution in [3.63, 3.8) is 0 Å². The van der Waals surface area contributed by atoms with E-state index in [4.69, 9.17) is 9.47 Å². The van der Waals surface area contributed by atoms with Gasteiger partial charge in [-0.05, 0) is 43.5 Å². The highest BCUT2D eigenvalue weighted by atomic mass is 16.5. The standard InChI is InChI=1S/C17H24N2O3/c1-21-15-9-12-6-8-19(11-13-5-3-4-7-18-13)17(20)14(12)10-16(15)22-2/h9-10,13,18H,3-8,11H2,1-2H3. The Kier molecular flexibility index (Phi) is 4.52. The zero-order valence-electron chi connectivity index (χ0n) is 13.4. The van der Waals surface area contributed by atoms with Crippen LogP contribution < -0.4 is 14.8 Å². The molecule has 5 heteroatoms. The smallest absolute Gasteiger partial charge is 0.254 e. The Balaban J connectivity index is 1.79. The summed E-state index contributed by atoms with van der Waals surface area (Å²) in [5.41, 5.74) is 1.80. The Morgan fingerprint density at radius 2 is 2.00 bits per heavy atom. The lowest BCUT2D eigenvalue weighted by atomic mass is 9.96. The van der Waals surface area contributed by atoms with Gasteiger partial charge in [0.25, 0.3) is 5.91 Å². The molecule has 1 fully saturated rings. The van der Waals surface area contributed by atoms with Crippen LogP contribution in [0.4, 0.5) is 0 Å². The van der Waals surface area contributed by atoms with E-state index in [2.05, 4.69) is 5.32 Å². The van der Waals surface area contributed by atoms with Gasteiger partial charge in [0, 0.05) is 24.7 Å². The maximum atomic E-state index is 12.8. The Morgan fingerprint density at radius 1 is 1.23 bits per heavy atom. The summed E-state index contributed by atoms with van der Waals surface area (Å²) < 4.78 is 10.7. The summed E-state index contributed by atoms with van der Waals surface area (Å²) in [7, 11) is 3.22. The van der Waals surface area contributed by atoms with Gasteiger partial charge in [0.2, 0.25) is 0 Å². The predicted molar refractivity (Wildman–Crippen MR) is 84.8 cm³/mol. The molecule has 2 aliphatic rings. The van der Waals surface area contributed by atoms with Gasteiger partial charge in [-0.25, -0.2) is 0 Å². The van der Waals surface area contributed by atoms with Crippen LogP contribution in [0.1, 0.15) is 35.2 Å². The van der Waals surface area contributed by atoms with Crippen molar-refractivity contribution in [1.29, 1.82) is 0 Å². The van der Waals surface area contributed by atoms with Crippen LogP contribution in [-0.4, -0.2) is 50.7 Å². The highest BCUT2D eigenvalue weighted by Gasteiger charge is 2.28. The van der Waals surface area contributed by atoms with Crippen LogP contribution in [0, 0.1) is 0 Å². The number of piperidine rings is 1. The molecule has 5 nitrogen and oxygen atoms in total. The molecule has 0 aliphatic carbocycles. The molecule has 1 aromatic carbocycles. The molecular weight excluding hydrogens is 280 g/mol. The van der Waals surface area contributed by atoms with Crippen LogP contribution in [0.15, 0.2) is 12.1 Å². The molecule has 2 aliphatic heterocycles. The number of benzene rings is 1. The molecule has 1 unspecified atom stereocenters. The second-order valence-electron chi connectivity index (χ2n) is 6.01. The fourth-order valence-corrected chi connectivity index (χ4v) is 3.37. The van der Waals surface area contributed by atoms with Crippen molar-refractivity contribution in [2.24, 2.45) is 0 Å². The number of methoxy groups -OCH3 is 2. The van der Waals surface area contributed by atoms with Crippen LogP contribution in [-0.2, 0) is 6.42 Å². The molecule has 120 valence electrons. The SMILES string of the molecule is COc1cc2c(cc1OC)C(=O)N(CC1CCCCN1)CC2. The summed E-state index contributed by atoms with van der Waals surface area (Å²) >= 11 is 0. The summed E-state index contributed by atoms with van der Waals surface area (Å²) in [5, 5.41) is 3.51. The molecule has 2 heterocycles. The van der Waals surface area contributed by atoms with Gasteiger partial charge in [-0.15, -0.1) is 0 Å². The third-order valence-electron chi connectivity index (χ3n) is 4.63. The number of hydrogen-bond acceptors (Lipinski definition) is 4. The molecule has 1 atom stereocenters. The third kappa shape index (κ3) is 2.90. The van der Waals surface area contributed by atoms with Crippen LogP contribution in [0.5, 0.6) is 11.5 Å². The van der Waals surface area contributed by atoms with E-state index in [9.17, 15) is 4.79 Å². The average Bonchev–Trinajstić information content (AvgIpc) is 2.57. The van der Waals surface area contributed by atoms with Crippen molar-refractivity contribution in [2.45, 2.75) is 31.7 Å². The first-order valence-corrected chi connectivity index (χ1v) is 8.00. The number of fused-ring (bicyclic) bond motifs is 1. The van der Waals surface area contributed by atoms with Crippen molar-refractivity contribution in [3.05, 3.63) is 23.3 Å². The topological polar surface area (TPSA) is 50.8 Å². The lowest BCUT2D eigenvalue weighted by molar-refractivity contribution is 0.0714. The lowest BCUT2D eigenvalue weighted by Gasteiger charge is -2.34. The van der Waals surface area contributed by atoms with Crippen LogP contribution in [0.2, 0.25) is 0 Å². The van der Waals surface area contributed by atoms with E-state index >= 15 is 0 Å². The second kappa shape index (κ2) is 6.57. The Hall–Kier alpha value is -1.75. The summed E-state index contributed by atoms with van der Waals surface area (Å²) in [6.07, 6.45) is 4.52. The first-order chi connectivity index (χ1) is 10.7. The van der Waals surface area contributed by atoms with Crippen LogP contribution >= 0.6 is 0 Å². The van der Waals surface area contributed by atoms with E-state index in [1.54, 1.807) is 14.2 Å². The molecular formula is C17H24N2O3. The van der Waals surface area contributed by atoms with Crippen molar-refractivity contribution < 1.29 is 14.3 Å². The Bertz CT molecular complexity index is 553. The van der Waals surface area contributed by atoms with Crippen molar-refractivity contribution >= 4 is 5.91 Å². The fourth-order valence-electron chi connectivity index (χ4n) is 3.37. The number of carbonyl (C=O) groups is 1. The van der Waals surface area contributed by atoms with E-state index in [1.807, 2.05) is 17.0 Å². The molecule has 0 radical (unpaired) electrons. The Morgan fingerprint density at radius 3 is 2.68 bits per heavy atom. The predicted octanol–water partition coefficient (Wildman–Crippen LogP) is 1.84. The van der Waals surface area contributed by atoms with E-state index in [0.717, 1.165) is 43.6 Å².